The molecule has 3 rings (SSSR count). The predicted molar refractivity (Wildman–Crippen MR) is 96.3 cm³/mol. The lowest BCUT2D eigenvalue weighted by Crippen LogP contribution is -2.35. The van der Waals surface area contributed by atoms with E-state index >= 15 is 0 Å². The normalized spacial score (nSPS) is 30.4. The second-order valence-corrected chi connectivity index (χ2v) is 8.75. The lowest BCUT2D eigenvalue weighted by atomic mass is 9.68. The minimum atomic E-state index is -2.90. The molecule has 146 valence electrons. The summed E-state index contributed by atoms with van der Waals surface area (Å²) in [7, 11) is 0. The Kier molecular flexibility index (Phi) is 5.98. The van der Waals surface area contributed by atoms with Crippen LogP contribution in [0.2, 0.25) is 0 Å². The number of benzene rings is 1. The van der Waals surface area contributed by atoms with Gasteiger partial charge in [-0.05, 0) is 80.9 Å². The summed E-state index contributed by atoms with van der Waals surface area (Å²) in [4.78, 5) is 0. The molecule has 0 atom stereocenters. The molecular formula is C22H30F4. The summed E-state index contributed by atoms with van der Waals surface area (Å²) in [5, 5.41) is 0. The van der Waals surface area contributed by atoms with E-state index in [4.69, 9.17) is 0 Å². The fourth-order valence-electron chi connectivity index (χ4n) is 4.99. The number of halogens is 4. The molecule has 2 fully saturated rings. The molecule has 26 heavy (non-hydrogen) atoms. The molecule has 0 bridgehead atoms. The Hall–Kier alpha value is -1.06. The first-order chi connectivity index (χ1) is 12.3. The van der Waals surface area contributed by atoms with Gasteiger partial charge in [0.15, 0.2) is 0 Å². The molecule has 0 heterocycles. The topological polar surface area (TPSA) is 0 Å². The third kappa shape index (κ3) is 4.43. The Morgan fingerprint density at radius 2 is 1.31 bits per heavy atom. The Morgan fingerprint density at radius 1 is 0.846 bits per heavy atom. The summed E-state index contributed by atoms with van der Waals surface area (Å²) in [5.74, 6) is -2.96. The zero-order valence-electron chi connectivity index (χ0n) is 15.8. The molecule has 4 heteroatoms. The van der Waals surface area contributed by atoms with E-state index in [1.54, 1.807) is 0 Å². The van der Waals surface area contributed by atoms with Gasteiger partial charge in [-0.25, -0.2) is 17.6 Å². The average molecular weight is 370 g/mol. The van der Waals surface area contributed by atoms with Gasteiger partial charge < -0.3 is 0 Å². The Labute approximate surface area is 154 Å². The predicted octanol–water partition coefficient (Wildman–Crippen LogP) is 7.08. The fraction of sp³-hybridized carbons (Fsp3) is 0.727. The highest BCUT2D eigenvalue weighted by Crippen LogP contribution is 2.45. The molecule has 0 saturated heterocycles. The van der Waals surface area contributed by atoms with Gasteiger partial charge in [0, 0.05) is 17.9 Å². The zero-order chi connectivity index (χ0) is 18.9. The van der Waals surface area contributed by atoms with Crippen LogP contribution < -0.4 is 0 Å². The maximum atomic E-state index is 14.7. The van der Waals surface area contributed by atoms with Crippen LogP contribution >= 0.6 is 0 Å². The molecule has 0 N–H and O–H groups in total. The van der Waals surface area contributed by atoms with Crippen LogP contribution in [0, 0.1) is 42.2 Å². The lowest BCUT2D eigenvalue weighted by Gasteiger charge is -2.39. The summed E-state index contributed by atoms with van der Waals surface area (Å²) < 4.78 is 56.8. The highest BCUT2D eigenvalue weighted by Gasteiger charge is 2.42. The van der Waals surface area contributed by atoms with Crippen LogP contribution in [0.4, 0.5) is 17.6 Å². The Balaban J connectivity index is 1.57. The smallest absolute Gasteiger partial charge is 0.207 e. The summed E-state index contributed by atoms with van der Waals surface area (Å²) in [6, 6.07) is 2.11. The first-order valence-electron chi connectivity index (χ1n) is 10.1. The third-order valence-corrected chi connectivity index (χ3v) is 6.88. The fourth-order valence-corrected chi connectivity index (χ4v) is 4.99. The summed E-state index contributed by atoms with van der Waals surface area (Å²) in [6.07, 6.45) is 7.25. The summed E-state index contributed by atoms with van der Waals surface area (Å²) in [6.45, 7) is 3.62. The van der Waals surface area contributed by atoms with Crippen molar-refractivity contribution in [2.24, 2.45) is 23.7 Å². The second-order valence-electron chi connectivity index (χ2n) is 8.75. The molecule has 0 aromatic heterocycles. The van der Waals surface area contributed by atoms with Gasteiger partial charge in [-0.3, -0.25) is 0 Å². The lowest BCUT2D eigenvalue weighted by molar-refractivity contribution is -0.0777. The third-order valence-electron chi connectivity index (χ3n) is 6.88. The second kappa shape index (κ2) is 7.90. The van der Waals surface area contributed by atoms with E-state index in [9.17, 15) is 17.6 Å². The average Bonchev–Trinajstić information content (AvgIpc) is 2.60. The van der Waals surface area contributed by atoms with Crippen molar-refractivity contribution in [1.29, 1.82) is 0 Å². The van der Waals surface area contributed by atoms with E-state index in [1.807, 2.05) is 0 Å². The van der Waals surface area contributed by atoms with Gasteiger partial charge in [-0.15, -0.1) is 0 Å². The highest BCUT2D eigenvalue weighted by atomic mass is 19.3. The van der Waals surface area contributed by atoms with E-state index in [1.165, 1.54) is 32.6 Å². The standard InChI is InChI=1S/C22H30F4/c1-14-3-5-17(6-4-14)18-7-9-19(10-8-18)22(25,26)13-16-11-20(23)15(2)21(24)12-16/h11-12,14,17-19H,3-10,13H2,1-2H3. The van der Waals surface area contributed by atoms with Gasteiger partial charge in [-0.2, -0.15) is 0 Å². The van der Waals surface area contributed by atoms with Gasteiger partial charge in [-0.1, -0.05) is 19.8 Å². The molecule has 2 saturated carbocycles. The maximum absolute atomic E-state index is 14.7. The van der Waals surface area contributed by atoms with Crippen LogP contribution in [-0.2, 0) is 6.42 Å². The van der Waals surface area contributed by atoms with Crippen molar-refractivity contribution in [3.05, 3.63) is 34.9 Å². The molecule has 0 radical (unpaired) electrons. The van der Waals surface area contributed by atoms with Crippen LogP contribution in [0.1, 0.15) is 69.4 Å². The molecule has 1 aromatic carbocycles. The molecule has 0 spiro atoms. The molecule has 2 aliphatic rings. The van der Waals surface area contributed by atoms with Crippen molar-refractivity contribution in [1.82, 2.24) is 0 Å². The maximum Gasteiger partial charge on any atom is 0.254 e. The van der Waals surface area contributed by atoms with Crippen molar-refractivity contribution < 1.29 is 17.6 Å². The van der Waals surface area contributed by atoms with E-state index in [0.717, 1.165) is 30.9 Å². The number of alkyl halides is 2. The largest absolute Gasteiger partial charge is 0.254 e. The van der Waals surface area contributed by atoms with E-state index in [0.29, 0.717) is 24.7 Å². The summed E-state index contributed by atoms with van der Waals surface area (Å²) in [5.41, 5.74) is -0.0571. The monoisotopic (exact) mass is 370 g/mol. The number of rotatable bonds is 4. The minimum Gasteiger partial charge on any atom is -0.207 e. The van der Waals surface area contributed by atoms with Crippen LogP contribution in [0.5, 0.6) is 0 Å². The Bertz CT molecular complexity index is 586. The van der Waals surface area contributed by atoms with Crippen molar-refractivity contribution in [2.75, 3.05) is 0 Å². The van der Waals surface area contributed by atoms with Crippen molar-refractivity contribution >= 4 is 0 Å². The zero-order valence-corrected chi connectivity index (χ0v) is 15.8. The molecule has 1 aromatic rings. The minimum absolute atomic E-state index is 0.0546. The van der Waals surface area contributed by atoms with Crippen LogP contribution in [0.3, 0.4) is 0 Å². The van der Waals surface area contributed by atoms with Gasteiger partial charge in [0.25, 0.3) is 5.92 Å². The van der Waals surface area contributed by atoms with E-state index in [2.05, 4.69) is 6.92 Å². The first-order valence-corrected chi connectivity index (χ1v) is 10.1. The summed E-state index contributed by atoms with van der Waals surface area (Å²) >= 11 is 0. The quantitative estimate of drug-likeness (QED) is 0.497. The molecule has 0 unspecified atom stereocenters. The molecule has 0 nitrogen and oxygen atoms in total. The van der Waals surface area contributed by atoms with Crippen molar-refractivity contribution in [2.45, 2.75) is 77.6 Å². The molecular weight excluding hydrogens is 340 g/mol. The molecule has 2 aliphatic carbocycles. The van der Waals surface area contributed by atoms with Gasteiger partial charge in [0.05, 0.1) is 0 Å². The number of hydrogen-bond donors (Lipinski definition) is 0. The first kappa shape index (κ1) is 19.7. The Morgan fingerprint density at radius 3 is 1.81 bits per heavy atom. The van der Waals surface area contributed by atoms with Crippen molar-refractivity contribution in [3.8, 4) is 0 Å². The van der Waals surface area contributed by atoms with Crippen molar-refractivity contribution in [3.63, 3.8) is 0 Å². The van der Waals surface area contributed by atoms with E-state index < -0.39 is 29.9 Å². The van der Waals surface area contributed by atoms with Crippen LogP contribution in [-0.4, -0.2) is 5.92 Å². The number of hydrogen-bond acceptors (Lipinski definition) is 0. The SMILES string of the molecule is Cc1c(F)cc(CC(F)(F)C2CCC(C3CCC(C)CC3)CC2)cc1F. The van der Waals surface area contributed by atoms with Gasteiger partial charge >= 0.3 is 0 Å². The van der Waals surface area contributed by atoms with Crippen LogP contribution in [0.25, 0.3) is 0 Å². The van der Waals surface area contributed by atoms with E-state index in [-0.39, 0.29) is 11.1 Å². The molecule has 0 aliphatic heterocycles. The highest BCUT2D eigenvalue weighted by molar-refractivity contribution is 5.26. The van der Waals surface area contributed by atoms with Crippen LogP contribution in [0.15, 0.2) is 12.1 Å². The molecule has 0 amide bonds. The van der Waals surface area contributed by atoms with Gasteiger partial charge in [0.1, 0.15) is 11.6 Å². The van der Waals surface area contributed by atoms with Gasteiger partial charge in [0.2, 0.25) is 0 Å².